The first-order valence-electron chi connectivity index (χ1n) is 5.40. The normalized spacial score (nSPS) is 11.6. The number of ether oxygens (including phenoxy) is 2. The summed E-state index contributed by atoms with van der Waals surface area (Å²) in [5.41, 5.74) is 6.12. The summed E-state index contributed by atoms with van der Waals surface area (Å²) in [4.78, 5) is 21.7. The van der Waals surface area contributed by atoms with Gasteiger partial charge in [0.2, 0.25) is 0 Å². The molecule has 1 rings (SSSR count). The highest BCUT2D eigenvalue weighted by Gasteiger charge is 2.16. The minimum Gasteiger partial charge on any atom is -0.491 e. The standard InChI is InChI=1S/C12H15NO5/c1-8(12(15)16)18-11(14)6-7-17-10-5-3-2-4-9(10)13/h2-5,8H,6-7,13H2,1H3,(H,15,16). The second kappa shape index (κ2) is 6.48. The fraction of sp³-hybridized carbons (Fsp3) is 0.333. The van der Waals surface area contributed by atoms with E-state index in [2.05, 4.69) is 4.74 Å². The molecule has 0 saturated heterocycles. The monoisotopic (exact) mass is 253 g/mol. The Bertz CT molecular complexity index is 432. The number of carboxylic acids is 1. The van der Waals surface area contributed by atoms with Gasteiger partial charge >= 0.3 is 11.9 Å². The van der Waals surface area contributed by atoms with Crippen molar-refractivity contribution in [3.05, 3.63) is 24.3 Å². The molecular weight excluding hydrogens is 238 g/mol. The Morgan fingerprint density at radius 1 is 1.39 bits per heavy atom. The number of hydrogen-bond acceptors (Lipinski definition) is 5. The van der Waals surface area contributed by atoms with Crippen molar-refractivity contribution in [2.24, 2.45) is 0 Å². The Kier molecular flexibility index (Phi) is 4.98. The average molecular weight is 253 g/mol. The lowest BCUT2D eigenvalue weighted by molar-refractivity contribution is -0.162. The summed E-state index contributed by atoms with van der Waals surface area (Å²) in [6.07, 6.45) is -1.19. The Morgan fingerprint density at radius 3 is 2.67 bits per heavy atom. The van der Waals surface area contributed by atoms with E-state index in [0.29, 0.717) is 11.4 Å². The van der Waals surface area contributed by atoms with Gasteiger partial charge in [0, 0.05) is 0 Å². The van der Waals surface area contributed by atoms with Crippen LogP contribution in [-0.2, 0) is 14.3 Å². The van der Waals surface area contributed by atoms with Gasteiger partial charge in [0.1, 0.15) is 5.75 Å². The first kappa shape index (κ1) is 13.8. The molecule has 0 aromatic heterocycles. The molecule has 3 N–H and O–H groups in total. The highest BCUT2D eigenvalue weighted by atomic mass is 16.6. The zero-order chi connectivity index (χ0) is 13.5. The van der Waals surface area contributed by atoms with Crippen LogP contribution in [0.2, 0.25) is 0 Å². The number of carbonyl (C=O) groups excluding carboxylic acids is 1. The van der Waals surface area contributed by atoms with E-state index in [0.717, 1.165) is 0 Å². The van der Waals surface area contributed by atoms with Gasteiger partial charge in [-0.05, 0) is 19.1 Å². The van der Waals surface area contributed by atoms with Crippen LogP contribution < -0.4 is 10.5 Å². The molecule has 1 atom stereocenters. The van der Waals surface area contributed by atoms with E-state index < -0.39 is 18.0 Å². The fourth-order valence-corrected chi connectivity index (χ4v) is 1.16. The molecule has 98 valence electrons. The maximum atomic E-state index is 11.2. The molecule has 0 bridgehead atoms. The number of esters is 1. The van der Waals surface area contributed by atoms with Crippen LogP contribution in [-0.4, -0.2) is 29.8 Å². The summed E-state index contributed by atoms with van der Waals surface area (Å²) < 4.78 is 9.91. The average Bonchev–Trinajstić information content (AvgIpc) is 2.31. The number of para-hydroxylation sites is 2. The van der Waals surface area contributed by atoms with Crippen molar-refractivity contribution in [2.75, 3.05) is 12.3 Å². The van der Waals surface area contributed by atoms with Crippen LogP contribution in [0.1, 0.15) is 13.3 Å². The lowest BCUT2D eigenvalue weighted by atomic mass is 10.3. The van der Waals surface area contributed by atoms with Gasteiger partial charge in [-0.2, -0.15) is 0 Å². The molecule has 0 radical (unpaired) electrons. The molecule has 0 fully saturated rings. The van der Waals surface area contributed by atoms with Crippen LogP contribution in [0.3, 0.4) is 0 Å². The summed E-state index contributed by atoms with van der Waals surface area (Å²) in [6.45, 7) is 1.37. The Labute approximate surface area is 104 Å². The van der Waals surface area contributed by atoms with Gasteiger partial charge in [-0.15, -0.1) is 0 Å². The zero-order valence-corrected chi connectivity index (χ0v) is 9.96. The van der Waals surface area contributed by atoms with Gasteiger partial charge in [0.15, 0.2) is 6.10 Å². The molecule has 6 heteroatoms. The van der Waals surface area contributed by atoms with Crippen molar-refractivity contribution >= 4 is 17.6 Å². The number of benzene rings is 1. The SMILES string of the molecule is CC(OC(=O)CCOc1ccccc1N)C(=O)O. The van der Waals surface area contributed by atoms with Gasteiger partial charge in [-0.3, -0.25) is 4.79 Å². The predicted molar refractivity (Wildman–Crippen MR) is 64.2 cm³/mol. The minimum atomic E-state index is -1.18. The van der Waals surface area contributed by atoms with Crippen LogP contribution in [0.5, 0.6) is 5.75 Å². The summed E-state index contributed by atoms with van der Waals surface area (Å²) in [5.74, 6) is -1.33. The molecule has 1 aromatic rings. The summed E-state index contributed by atoms with van der Waals surface area (Å²) in [5, 5.41) is 8.55. The third kappa shape index (κ3) is 4.32. The summed E-state index contributed by atoms with van der Waals surface area (Å²) in [6, 6.07) is 6.89. The van der Waals surface area contributed by atoms with Crippen LogP contribution in [0.15, 0.2) is 24.3 Å². The number of nitrogens with two attached hydrogens (primary N) is 1. The fourth-order valence-electron chi connectivity index (χ4n) is 1.16. The summed E-state index contributed by atoms with van der Waals surface area (Å²) in [7, 11) is 0. The Morgan fingerprint density at radius 2 is 2.06 bits per heavy atom. The predicted octanol–water partition coefficient (Wildman–Crippen LogP) is 1.05. The maximum absolute atomic E-state index is 11.2. The molecule has 1 unspecified atom stereocenters. The number of hydrogen-bond donors (Lipinski definition) is 2. The van der Waals surface area contributed by atoms with Gasteiger partial charge < -0.3 is 20.3 Å². The molecule has 0 aliphatic carbocycles. The third-order valence-electron chi connectivity index (χ3n) is 2.14. The number of anilines is 1. The van der Waals surface area contributed by atoms with E-state index in [-0.39, 0.29) is 13.0 Å². The second-order valence-corrected chi connectivity index (χ2v) is 3.61. The molecule has 0 amide bonds. The van der Waals surface area contributed by atoms with Crippen molar-refractivity contribution < 1.29 is 24.2 Å². The van der Waals surface area contributed by atoms with Crippen LogP contribution in [0, 0.1) is 0 Å². The van der Waals surface area contributed by atoms with E-state index >= 15 is 0 Å². The summed E-state index contributed by atoms with van der Waals surface area (Å²) >= 11 is 0. The Hall–Kier alpha value is -2.24. The highest BCUT2D eigenvalue weighted by Crippen LogP contribution is 2.19. The molecular formula is C12H15NO5. The molecule has 0 spiro atoms. The smallest absolute Gasteiger partial charge is 0.344 e. The highest BCUT2D eigenvalue weighted by molar-refractivity contribution is 5.77. The van der Waals surface area contributed by atoms with E-state index in [4.69, 9.17) is 15.6 Å². The number of nitrogen functional groups attached to an aromatic ring is 1. The minimum absolute atomic E-state index is 0.0358. The number of aliphatic carboxylic acids is 1. The quantitative estimate of drug-likeness (QED) is 0.580. The van der Waals surface area contributed by atoms with Gasteiger partial charge in [-0.25, -0.2) is 4.79 Å². The Balaban J connectivity index is 2.32. The van der Waals surface area contributed by atoms with Crippen molar-refractivity contribution in [3.8, 4) is 5.75 Å². The topological polar surface area (TPSA) is 98.9 Å². The third-order valence-corrected chi connectivity index (χ3v) is 2.14. The molecule has 0 aliphatic heterocycles. The molecule has 0 heterocycles. The van der Waals surface area contributed by atoms with Crippen LogP contribution >= 0.6 is 0 Å². The first-order valence-corrected chi connectivity index (χ1v) is 5.40. The number of carbonyl (C=O) groups is 2. The second-order valence-electron chi connectivity index (χ2n) is 3.61. The molecule has 0 saturated carbocycles. The molecule has 6 nitrogen and oxygen atoms in total. The van der Waals surface area contributed by atoms with Gasteiger partial charge in [0.05, 0.1) is 18.7 Å². The number of rotatable bonds is 6. The van der Waals surface area contributed by atoms with Gasteiger partial charge in [0.25, 0.3) is 0 Å². The van der Waals surface area contributed by atoms with E-state index in [1.807, 2.05) is 0 Å². The van der Waals surface area contributed by atoms with Crippen molar-refractivity contribution in [3.63, 3.8) is 0 Å². The van der Waals surface area contributed by atoms with Gasteiger partial charge in [-0.1, -0.05) is 12.1 Å². The first-order chi connectivity index (χ1) is 8.50. The zero-order valence-electron chi connectivity index (χ0n) is 9.96. The van der Waals surface area contributed by atoms with Crippen LogP contribution in [0.4, 0.5) is 5.69 Å². The van der Waals surface area contributed by atoms with Crippen molar-refractivity contribution in [1.82, 2.24) is 0 Å². The van der Waals surface area contributed by atoms with E-state index in [1.165, 1.54) is 6.92 Å². The maximum Gasteiger partial charge on any atom is 0.344 e. The number of carboxylic acid groups (broad SMARTS) is 1. The largest absolute Gasteiger partial charge is 0.491 e. The van der Waals surface area contributed by atoms with Crippen LogP contribution in [0.25, 0.3) is 0 Å². The van der Waals surface area contributed by atoms with Crippen molar-refractivity contribution in [1.29, 1.82) is 0 Å². The molecule has 0 aliphatic rings. The van der Waals surface area contributed by atoms with E-state index in [9.17, 15) is 9.59 Å². The van der Waals surface area contributed by atoms with E-state index in [1.54, 1.807) is 24.3 Å². The molecule has 18 heavy (non-hydrogen) atoms. The molecule has 1 aromatic carbocycles. The lowest BCUT2D eigenvalue weighted by Crippen LogP contribution is -2.24. The lowest BCUT2D eigenvalue weighted by Gasteiger charge is -2.10. The van der Waals surface area contributed by atoms with Crippen molar-refractivity contribution in [2.45, 2.75) is 19.4 Å².